The second-order valence-corrected chi connectivity index (χ2v) is 6.77. The molecule has 7 heteroatoms. The topological polar surface area (TPSA) is 65.9 Å². The third-order valence-corrected chi connectivity index (χ3v) is 4.53. The summed E-state index contributed by atoms with van der Waals surface area (Å²) in [6, 6.07) is 4.22. The molecule has 2 heterocycles. The van der Waals surface area contributed by atoms with E-state index in [0.29, 0.717) is 39.1 Å². The van der Waals surface area contributed by atoms with Gasteiger partial charge in [0, 0.05) is 48.9 Å². The molecule has 22 heavy (non-hydrogen) atoms. The van der Waals surface area contributed by atoms with Crippen LogP contribution in [0.5, 0.6) is 0 Å². The van der Waals surface area contributed by atoms with E-state index in [-0.39, 0.29) is 24.0 Å². The van der Waals surface area contributed by atoms with Crippen molar-refractivity contribution in [2.45, 2.75) is 38.8 Å². The van der Waals surface area contributed by atoms with Crippen LogP contribution >= 0.6 is 35.3 Å². The van der Waals surface area contributed by atoms with Gasteiger partial charge in [-0.05, 0) is 26.0 Å². The van der Waals surface area contributed by atoms with Gasteiger partial charge in [0.15, 0.2) is 5.96 Å². The Kier molecular flexibility index (Phi) is 8.66. The molecule has 0 spiro atoms. The Morgan fingerprint density at radius 3 is 2.68 bits per heavy atom. The van der Waals surface area contributed by atoms with E-state index < -0.39 is 5.60 Å². The molecule has 0 aromatic carbocycles. The van der Waals surface area contributed by atoms with E-state index in [0.717, 1.165) is 12.5 Å². The summed E-state index contributed by atoms with van der Waals surface area (Å²) in [6.45, 7) is 7.36. The molecule has 2 rings (SSSR count). The van der Waals surface area contributed by atoms with E-state index in [4.69, 9.17) is 4.74 Å². The van der Waals surface area contributed by atoms with Gasteiger partial charge in [0.1, 0.15) is 0 Å². The van der Waals surface area contributed by atoms with Crippen LogP contribution in [0.1, 0.15) is 29.5 Å². The molecule has 1 aliphatic heterocycles. The Morgan fingerprint density at radius 1 is 1.36 bits per heavy atom. The SMILES string of the molecule is CCNC(=NCc1ccc(C)s1)NCC1(O)CCOCC1.I. The zero-order valence-electron chi connectivity index (χ0n) is 13.2. The number of nitrogens with zero attached hydrogens (tertiary/aromatic N) is 1. The van der Waals surface area contributed by atoms with Crippen LogP contribution in [0.15, 0.2) is 17.1 Å². The van der Waals surface area contributed by atoms with Crippen LogP contribution in [-0.4, -0.2) is 43.0 Å². The van der Waals surface area contributed by atoms with Gasteiger partial charge in [-0.1, -0.05) is 0 Å². The monoisotopic (exact) mass is 439 g/mol. The fourth-order valence-electron chi connectivity index (χ4n) is 2.25. The summed E-state index contributed by atoms with van der Waals surface area (Å²) < 4.78 is 5.29. The maximum Gasteiger partial charge on any atom is 0.191 e. The van der Waals surface area contributed by atoms with Crippen LogP contribution in [0.2, 0.25) is 0 Å². The Balaban J connectivity index is 0.00000242. The highest BCUT2D eigenvalue weighted by Gasteiger charge is 2.29. The van der Waals surface area contributed by atoms with Crippen LogP contribution in [0.25, 0.3) is 0 Å². The largest absolute Gasteiger partial charge is 0.388 e. The number of hydrogen-bond acceptors (Lipinski definition) is 4. The normalized spacial score (nSPS) is 17.7. The molecule has 1 aliphatic rings. The molecular weight excluding hydrogens is 413 g/mol. The lowest BCUT2D eigenvalue weighted by Crippen LogP contribution is -2.49. The first-order valence-electron chi connectivity index (χ1n) is 7.49. The molecule has 1 aromatic rings. The van der Waals surface area contributed by atoms with Gasteiger partial charge >= 0.3 is 0 Å². The molecule has 0 atom stereocenters. The lowest BCUT2D eigenvalue weighted by molar-refractivity contribution is -0.0594. The number of aliphatic imine (C=N–C) groups is 1. The van der Waals surface area contributed by atoms with E-state index in [2.05, 4.69) is 34.7 Å². The minimum atomic E-state index is -0.687. The predicted octanol–water partition coefficient (Wildman–Crippen LogP) is 2.27. The molecule has 1 fully saturated rings. The maximum absolute atomic E-state index is 10.5. The zero-order chi connectivity index (χ0) is 15.1. The number of thiophene rings is 1. The van der Waals surface area contributed by atoms with Crippen LogP contribution in [0, 0.1) is 6.92 Å². The molecular formula is C15H26IN3O2S. The summed E-state index contributed by atoms with van der Waals surface area (Å²) in [7, 11) is 0. The minimum Gasteiger partial charge on any atom is -0.388 e. The maximum atomic E-state index is 10.5. The van der Waals surface area contributed by atoms with E-state index >= 15 is 0 Å². The Bertz CT molecular complexity index is 473. The van der Waals surface area contributed by atoms with Crippen LogP contribution in [-0.2, 0) is 11.3 Å². The first kappa shape index (κ1) is 19.7. The van der Waals surface area contributed by atoms with Crippen molar-refractivity contribution in [2.75, 3.05) is 26.3 Å². The minimum absolute atomic E-state index is 0. The molecule has 0 saturated carbocycles. The molecule has 0 radical (unpaired) electrons. The van der Waals surface area contributed by atoms with Crippen molar-refractivity contribution >= 4 is 41.3 Å². The predicted molar refractivity (Wildman–Crippen MR) is 102 cm³/mol. The fourth-order valence-corrected chi connectivity index (χ4v) is 3.06. The lowest BCUT2D eigenvalue weighted by Gasteiger charge is -2.32. The average molecular weight is 439 g/mol. The molecule has 126 valence electrons. The van der Waals surface area contributed by atoms with Crippen LogP contribution < -0.4 is 10.6 Å². The summed E-state index contributed by atoms with van der Waals surface area (Å²) in [4.78, 5) is 7.12. The molecule has 0 amide bonds. The van der Waals surface area contributed by atoms with Gasteiger partial charge in [0.2, 0.25) is 0 Å². The van der Waals surface area contributed by atoms with Crippen molar-refractivity contribution in [3.05, 3.63) is 21.9 Å². The standard InChI is InChI=1S/C15H25N3O2S.HI/c1-3-16-14(17-10-13-5-4-12(2)21-13)18-11-15(19)6-8-20-9-7-15;/h4-5,19H,3,6-11H2,1-2H3,(H2,16,17,18);1H. The van der Waals surface area contributed by atoms with Gasteiger partial charge in [-0.2, -0.15) is 0 Å². The van der Waals surface area contributed by atoms with E-state index in [1.165, 1.54) is 9.75 Å². The Labute approximate surface area is 153 Å². The van der Waals surface area contributed by atoms with Crippen molar-refractivity contribution < 1.29 is 9.84 Å². The number of nitrogens with one attached hydrogen (secondary N) is 2. The number of guanidine groups is 1. The smallest absolute Gasteiger partial charge is 0.191 e. The average Bonchev–Trinajstić information content (AvgIpc) is 2.88. The third kappa shape index (κ3) is 6.39. The lowest BCUT2D eigenvalue weighted by atomic mass is 9.94. The number of aliphatic hydroxyl groups is 1. The zero-order valence-corrected chi connectivity index (χ0v) is 16.4. The van der Waals surface area contributed by atoms with E-state index in [1.54, 1.807) is 11.3 Å². The van der Waals surface area contributed by atoms with Crippen molar-refractivity contribution in [3.8, 4) is 0 Å². The molecule has 0 bridgehead atoms. The highest BCUT2D eigenvalue weighted by atomic mass is 127. The number of ether oxygens (including phenoxy) is 1. The number of hydrogen-bond donors (Lipinski definition) is 3. The quantitative estimate of drug-likeness (QED) is 0.374. The summed E-state index contributed by atoms with van der Waals surface area (Å²) in [5.74, 6) is 0.753. The molecule has 1 aromatic heterocycles. The number of rotatable bonds is 5. The van der Waals surface area contributed by atoms with Gasteiger partial charge in [-0.3, -0.25) is 0 Å². The van der Waals surface area contributed by atoms with Gasteiger partial charge < -0.3 is 20.5 Å². The van der Waals surface area contributed by atoms with Crippen molar-refractivity contribution in [1.82, 2.24) is 10.6 Å². The second-order valence-electron chi connectivity index (χ2n) is 5.40. The highest BCUT2D eigenvalue weighted by Crippen LogP contribution is 2.19. The first-order valence-corrected chi connectivity index (χ1v) is 8.30. The molecule has 3 N–H and O–H groups in total. The van der Waals surface area contributed by atoms with Gasteiger partial charge in [0.05, 0.1) is 12.1 Å². The number of aryl methyl sites for hydroxylation is 1. The van der Waals surface area contributed by atoms with Gasteiger partial charge in [-0.25, -0.2) is 4.99 Å². The Hall–Kier alpha value is -0.380. The van der Waals surface area contributed by atoms with Gasteiger partial charge in [0.25, 0.3) is 0 Å². The van der Waals surface area contributed by atoms with E-state index in [9.17, 15) is 5.11 Å². The first-order chi connectivity index (χ1) is 10.1. The van der Waals surface area contributed by atoms with Crippen LogP contribution in [0.3, 0.4) is 0 Å². The molecule has 1 saturated heterocycles. The molecule has 5 nitrogen and oxygen atoms in total. The van der Waals surface area contributed by atoms with Crippen molar-refractivity contribution in [1.29, 1.82) is 0 Å². The number of halogens is 1. The fraction of sp³-hybridized carbons (Fsp3) is 0.667. The summed E-state index contributed by atoms with van der Waals surface area (Å²) in [6.07, 6.45) is 1.34. The summed E-state index contributed by atoms with van der Waals surface area (Å²) >= 11 is 1.76. The van der Waals surface area contributed by atoms with Crippen molar-refractivity contribution in [3.63, 3.8) is 0 Å². The van der Waals surface area contributed by atoms with Crippen LogP contribution in [0.4, 0.5) is 0 Å². The highest BCUT2D eigenvalue weighted by molar-refractivity contribution is 14.0. The van der Waals surface area contributed by atoms with Crippen molar-refractivity contribution in [2.24, 2.45) is 4.99 Å². The second kappa shape index (κ2) is 9.69. The molecule has 0 unspecified atom stereocenters. The summed E-state index contributed by atoms with van der Waals surface area (Å²) in [5, 5.41) is 16.9. The van der Waals surface area contributed by atoms with Gasteiger partial charge in [-0.15, -0.1) is 35.3 Å². The van der Waals surface area contributed by atoms with E-state index in [1.807, 2.05) is 6.92 Å². The Morgan fingerprint density at radius 2 is 2.09 bits per heavy atom. The third-order valence-electron chi connectivity index (χ3n) is 3.54. The summed E-state index contributed by atoms with van der Waals surface area (Å²) in [5.41, 5.74) is -0.687. The molecule has 0 aliphatic carbocycles.